The highest BCUT2D eigenvalue weighted by atomic mass is 19.4. The van der Waals surface area contributed by atoms with Crippen molar-refractivity contribution in [1.29, 1.82) is 0 Å². The molecule has 0 spiro atoms. The Morgan fingerprint density at radius 2 is 2.09 bits per heavy atom. The Balaban J connectivity index is 2.14. The van der Waals surface area contributed by atoms with Crippen molar-refractivity contribution in [3.05, 3.63) is 29.2 Å². The van der Waals surface area contributed by atoms with Crippen molar-refractivity contribution < 1.29 is 22.8 Å². The molecular formula is C13H17F3N4O2. The van der Waals surface area contributed by atoms with E-state index in [2.05, 4.69) is 15.2 Å². The third-order valence-corrected chi connectivity index (χ3v) is 3.04. The molecule has 9 heteroatoms. The van der Waals surface area contributed by atoms with E-state index < -0.39 is 11.9 Å². The Hall–Kier alpha value is -1.90. The molecule has 0 fully saturated rings. The van der Waals surface area contributed by atoms with Gasteiger partial charge >= 0.3 is 6.18 Å². The van der Waals surface area contributed by atoms with Crippen molar-refractivity contribution in [2.75, 3.05) is 6.61 Å². The predicted molar refractivity (Wildman–Crippen MR) is 70.0 cm³/mol. The lowest BCUT2D eigenvalue weighted by molar-refractivity contribution is -0.142. The van der Waals surface area contributed by atoms with Gasteiger partial charge in [-0.15, -0.1) is 0 Å². The van der Waals surface area contributed by atoms with Crippen LogP contribution in [0.15, 0.2) is 10.7 Å². The monoisotopic (exact) mass is 318 g/mol. The second kappa shape index (κ2) is 6.91. The van der Waals surface area contributed by atoms with Crippen LogP contribution in [0.2, 0.25) is 0 Å². The fourth-order valence-corrected chi connectivity index (χ4v) is 2.01. The SMILES string of the molecule is CCCCc1nc(Cn2cc(CCO)c(C(F)(F)F)n2)no1. The lowest BCUT2D eigenvalue weighted by Gasteiger charge is -2.04. The van der Waals surface area contributed by atoms with Crippen molar-refractivity contribution in [2.24, 2.45) is 0 Å². The summed E-state index contributed by atoms with van der Waals surface area (Å²) in [7, 11) is 0. The minimum Gasteiger partial charge on any atom is -0.396 e. The van der Waals surface area contributed by atoms with Crippen LogP contribution in [0.1, 0.15) is 42.7 Å². The molecular weight excluding hydrogens is 301 g/mol. The second-order valence-electron chi connectivity index (χ2n) is 4.88. The molecule has 2 rings (SSSR count). The van der Waals surface area contributed by atoms with Gasteiger partial charge in [0.1, 0.15) is 6.54 Å². The zero-order valence-electron chi connectivity index (χ0n) is 12.1. The lowest BCUT2D eigenvalue weighted by atomic mass is 10.2. The molecule has 0 bridgehead atoms. The fraction of sp³-hybridized carbons (Fsp3) is 0.615. The average molecular weight is 318 g/mol. The molecule has 22 heavy (non-hydrogen) atoms. The van der Waals surface area contributed by atoms with Crippen LogP contribution in [0.4, 0.5) is 13.2 Å². The van der Waals surface area contributed by atoms with Crippen LogP contribution in [0.25, 0.3) is 0 Å². The maximum absolute atomic E-state index is 12.9. The highest BCUT2D eigenvalue weighted by molar-refractivity contribution is 5.20. The highest BCUT2D eigenvalue weighted by Crippen LogP contribution is 2.30. The standard InChI is InChI=1S/C13H17F3N4O2/c1-2-3-4-11-17-10(19-22-11)8-20-7-9(5-6-21)12(18-20)13(14,15)16/h7,21H,2-6,8H2,1H3. The predicted octanol–water partition coefficient (Wildman–Crippen LogP) is 2.21. The number of aliphatic hydroxyl groups is 1. The number of rotatable bonds is 7. The van der Waals surface area contributed by atoms with Gasteiger partial charge in [0, 0.05) is 24.8 Å². The van der Waals surface area contributed by atoms with E-state index in [9.17, 15) is 13.2 Å². The van der Waals surface area contributed by atoms with E-state index >= 15 is 0 Å². The normalized spacial score (nSPS) is 12.0. The summed E-state index contributed by atoms with van der Waals surface area (Å²) in [5, 5.41) is 16.1. The van der Waals surface area contributed by atoms with Gasteiger partial charge in [0.05, 0.1) is 0 Å². The quantitative estimate of drug-likeness (QED) is 0.847. The number of alkyl halides is 3. The van der Waals surface area contributed by atoms with Crippen LogP contribution in [-0.2, 0) is 25.6 Å². The van der Waals surface area contributed by atoms with Gasteiger partial charge in [0.2, 0.25) is 5.89 Å². The molecule has 0 atom stereocenters. The third-order valence-electron chi connectivity index (χ3n) is 3.04. The summed E-state index contributed by atoms with van der Waals surface area (Å²) in [6, 6.07) is 0. The largest absolute Gasteiger partial charge is 0.435 e. The fourth-order valence-electron chi connectivity index (χ4n) is 2.01. The number of unbranched alkanes of at least 4 members (excludes halogenated alkanes) is 1. The molecule has 0 aliphatic rings. The van der Waals surface area contributed by atoms with Crippen molar-refractivity contribution in [2.45, 2.75) is 45.3 Å². The van der Waals surface area contributed by atoms with Gasteiger partial charge in [-0.05, 0) is 12.8 Å². The van der Waals surface area contributed by atoms with Crippen molar-refractivity contribution in [3.8, 4) is 0 Å². The summed E-state index contributed by atoms with van der Waals surface area (Å²) in [5.41, 5.74) is -1.04. The lowest BCUT2D eigenvalue weighted by Crippen LogP contribution is -2.11. The molecule has 0 aromatic carbocycles. The summed E-state index contributed by atoms with van der Waals surface area (Å²) in [6.07, 6.45) is -0.881. The van der Waals surface area contributed by atoms with Gasteiger partial charge in [0.25, 0.3) is 0 Å². The zero-order valence-corrected chi connectivity index (χ0v) is 12.1. The van der Waals surface area contributed by atoms with E-state index in [1.165, 1.54) is 6.20 Å². The molecule has 0 aliphatic heterocycles. The van der Waals surface area contributed by atoms with Crippen LogP contribution < -0.4 is 0 Å². The molecule has 0 saturated carbocycles. The summed E-state index contributed by atoms with van der Waals surface area (Å²) >= 11 is 0. The molecule has 0 radical (unpaired) electrons. The second-order valence-corrected chi connectivity index (χ2v) is 4.88. The molecule has 2 aromatic rings. The number of halogens is 3. The summed E-state index contributed by atoms with van der Waals surface area (Å²) < 4.78 is 44.7. The molecule has 1 N–H and O–H groups in total. The Morgan fingerprint density at radius 1 is 1.32 bits per heavy atom. The van der Waals surface area contributed by atoms with Crippen molar-refractivity contribution in [1.82, 2.24) is 19.9 Å². The van der Waals surface area contributed by atoms with E-state index in [4.69, 9.17) is 9.63 Å². The Bertz CT molecular complexity index is 607. The minimum atomic E-state index is -4.56. The van der Waals surface area contributed by atoms with Gasteiger partial charge in [0.15, 0.2) is 11.5 Å². The highest BCUT2D eigenvalue weighted by Gasteiger charge is 2.36. The summed E-state index contributed by atoms with van der Waals surface area (Å²) in [4.78, 5) is 4.12. The summed E-state index contributed by atoms with van der Waals surface area (Å²) in [5.74, 6) is 0.744. The number of hydrogen-bond acceptors (Lipinski definition) is 5. The molecule has 2 heterocycles. The molecule has 0 aliphatic carbocycles. The first-order valence-corrected chi connectivity index (χ1v) is 7.00. The average Bonchev–Trinajstić information content (AvgIpc) is 3.04. The Morgan fingerprint density at radius 3 is 2.73 bits per heavy atom. The zero-order chi connectivity index (χ0) is 16.2. The third kappa shape index (κ3) is 4.06. The molecule has 0 amide bonds. The van der Waals surface area contributed by atoms with Crippen LogP contribution >= 0.6 is 0 Å². The van der Waals surface area contributed by atoms with Gasteiger partial charge < -0.3 is 9.63 Å². The van der Waals surface area contributed by atoms with E-state index in [0.29, 0.717) is 12.3 Å². The van der Waals surface area contributed by atoms with Gasteiger partial charge in [-0.25, -0.2) is 0 Å². The van der Waals surface area contributed by atoms with Crippen LogP contribution in [0.3, 0.4) is 0 Å². The Kier molecular flexibility index (Phi) is 5.17. The number of aliphatic hydroxyl groups excluding tert-OH is 1. The molecule has 0 unspecified atom stereocenters. The first-order chi connectivity index (χ1) is 10.4. The topological polar surface area (TPSA) is 77.0 Å². The molecule has 2 aromatic heterocycles. The smallest absolute Gasteiger partial charge is 0.396 e. The van der Waals surface area contributed by atoms with E-state index in [1.807, 2.05) is 6.92 Å². The van der Waals surface area contributed by atoms with Gasteiger partial charge in [-0.3, -0.25) is 4.68 Å². The van der Waals surface area contributed by atoms with Crippen molar-refractivity contribution >= 4 is 0 Å². The summed E-state index contributed by atoms with van der Waals surface area (Å²) in [6.45, 7) is 1.64. The first-order valence-electron chi connectivity index (χ1n) is 7.00. The molecule has 0 saturated heterocycles. The number of nitrogens with zero attached hydrogens (tertiary/aromatic N) is 4. The van der Waals surface area contributed by atoms with E-state index in [-0.39, 0.29) is 31.0 Å². The van der Waals surface area contributed by atoms with Gasteiger partial charge in [-0.2, -0.15) is 23.3 Å². The number of hydrogen-bond donors (Lipinski definition) is 1. The first kappa shape index (κ1) is 16.5. The van der Waals surface area contributed by atoms with Crippen LogP contribution in [0, 0.1) is 0 Å². The Labute approximate surface area is 124 Å². The minimum absolute atomic E-state index is 0.00979. The number of aryl methyl sites for hydroxylation is 1. The molecule has 6 nitrogen and oxygen atoms in total. The molecule has 122 valence electrons. The number of aromatic nitrogens is 4. The van der Waals surface area contributed by atoms with Crippen molar-refractivity contribution in [3.63, 3.8) is 0 Å². The van der Waals surface area contributed by atoms with Crippen LogP contribution in [-0.4, -0.2) is 31.6 Å². The maximum atomic E-state index is 12.9. The maximum Gasteiger partial charge on any atom is 0.435 e. The van der Waals surface area contributed by atoms with E-state index in [0.717, 1.165) is 17.5 Å². The van der Waals surface area contributed by atoms with Gasteiger partial charge in [-0.1, -0.05) is 18.5 Å². The van der Waals surface area contributed by atoms with Crippen LogP contribution in [0.5, 0.6) is 0 Å². The van der Waals surface area contributed by atoms with E-state index in [1.54, 1.807) is 0 Å².